The van der Waals surface area contributed by atoms with Crippen LogP contribution in [-0.2, 0) is 22.3 Å². The van der Waals surface area contributed by atoms with Crippen molar-refractivity contribution in [3.63, 3.8) is 0 Å². The molecule has 2 heteroatoms. The van der Waals surface area contributed by atoms with E-state index in [1.807, 2.05) is 0 Å². The zero-order chi connectivity index (χ0) is 21.2. The third-order valence-electron chi connectivity index (χ3n) is 7.47. The SMILES string of the molecule is c1ccc(CCCOCC2(COCCCc3ccccc3)CC(C3CCCC3)C2)cc1. The number of hydrogen-bond acceptors (Lipinski definition) is 2. The van der Waals surface area contributed by atoms with Gasteiger partial charge in [0, 0.05) is 18.6 Å². The summed E-state index contributed by atoms with van der Waals surface area (Å²) < 4.78 is 12.4. The van der Waals surface area contributed by atoms with E-state index in [2.05, 4.69) is 60.7 Å². The molecular formula is C29H40O2. The van der Waals surface area contributed by atoms with E-state index in [-0.39, 0.29) is 5.41 Å². The first kappa shape index (κ1) is 22.6. The van der Waals surface area contributed by atoms with Crippen molar-refractivity contribution >= 4 is 0 Å². The van der Waals surface area contributed by atoms with Crippen LogP contribution in [0.1, 0.15) is 62.5 Å². The fraction of sp³-hybridized carbons (Fsp3) is 0.586. The maximum absolute atomic E-state index is 6.22. The first-order chi connectivity index (χ1) is 15.3. The molecule has 2 saturated carbocycles. The van der Waals surface area contributed by atoms with Crippen LogP contribution >= 0.6 is 0 Å². The number of aryl methyl sites for hydroxylation is 2. The normalized spacial score (nSPS) is 18.8. The molecule has 0 radical (unpaired) electrons. The molecule has 0 aliphatic heterocycles. The smallest absolute Gasteiger partial charge is 0.0544 e. The molecule has 0 spiro atoms. The molecule has 0 atom stereocenters. The van der Waals surface area contributed by atoms with Crippen LogP contribution in [0.15, 0.2) is 60.7 Å². The Morgan fingerprint density at radius 1 is 0.645 bits per heavy atom. The minimum Gasteiger partial charge on any atom is -0.381 e. The Labute approximate surface area is 189 Å². The third kappa shape index (κ3) is 6.92. The monoisotopic (exact) mass is 420 g/mol. The molecule has 2 nitrogen and oxygen atoms in total. The van der Waals surface area contributed by atoms with Crippen LogP contribution < -0.4 is 0 Å². The van der Waals surface area contributed by atoms with E-state index in [9.17, 15) is 0 Å². The van der Waals surface area contributed by atoms with Crippen LogP contribution in [0.4, 0.5) is 0 Å². The highest BCUT2D eigenvalue weighted by molar-refractivity contribution is 5.15. The molecule has 2 aromatic rings. The zero-order valence-corrected chi connectivity index (χ0v) is 19.1. The molecular weight excluding hydrogens is 380 g/mol. The van der Waals surface area contributed by atoms with Crippen molar-refractivity contribution in [2.45, 2.75) is 64.2 Å². The summed E-state index contributed by atoms with van der Waals surface area (Å²) in [6.45, 7) is 3.48. The standard InChI is InChI=1S/C29H40O2/c1-3-11-25(12-4-1)15-9-19-30-23-29(21-28(22-29)27-17-7-8-18-27)24-31-20-10-16-26-13-5-2-6-14-26/h1-6,11-14,27-28H,7-10,15-24H2. The van der Waals surface area contributed by atoms with Gasteiger partial charge >= 0.3 is 0 Å². The molecule has 4 rings (SSSR count). The molecule has 0 heterocycles. The van der Waals surface area contributed by atoms with E-state index < -0.39 is 0 Å². The van der Waals surface area contributed by atoms with Gasteiger partial charge in [0.25, 0.3) is 0 Å². The second-order valence-electron chi connectivity index (χ2n) is 10.00. The maximum Gasteiger partial charge on any atom is 0.0544 e. The molecule has 0 N–H and O–H groups in total. The predicted octanol–water partition coefficient (Wildman–Crippen LogP) is 6.87. The number of rotatable bonds is 13. The molecule has 0 bridgehead atoms. The number of ether oxygens (including phenoxy) is 2. The van der Waals surface area contributed by atoms with Gasteiger partial charge in [-0.1, -0.05) is 86.3 Å². The highest BCUT2D eigenvalue weighted by Gasteiger charge is 2.47. The minimum absolute atomic E-state index is 0.271. The Morgan fingerprint density at radius 3 is 1.61 bits per heavy atom. The van der Waals surface area contributed by atoms with Gasteiger partial charge in [-0.25, -0.2) is 0 Å². The topological polar surface area (TPSA) is 18.5 Å². The maximum atomic E-state index is 6.22. The first-order valence-corrected chi connectivity index (χ1v) is 12.6. The molecule has 0 saturated heterocycles. The summed E-state index contributed by atoms with van der Waals surface area (Å²) in [5, 5.41) is 0. The molecule has 0 aromatic heterocycles. The van der Waals surface area contributed by atoms with E-state index in [4.69, 9.17) is 9.47 Å². The molecule has 2 aliphatic carbocycles. The van der Waals surface area contributed by atoms with Gasteiger partial charge in [-0.15, -0.1) is 0 Å². The minimum atomic E-state index is 0.271. The van der Waals surface area contributed by atoms with Crippen molar-refractivity contribution in [2.75, 3.05) is 26.4 Å². The lowest BCUT2D eigenvalue weighted by molar-refractivity contribution is -0.105. The van der Waals surface area contributed by atoms with Crippen molar-refractivity contribution < 1.29 is 9.47 Å². The second-order valence-corrected chi connectivity index (χ2v) is 10.00. The van der Waals surface area contributed by atoms with Gasteiger partial charge in [0.05, 0.1) is 13.2 Å². The van der Waals surface area contributed by atoms with E-state index in [0.717, 1.165) is 63.9 Å². The Kier molecular flexibility index (Phi) is 8.61. The van der Waals surface area contributed by atoms with Crippen molar-refractivity contribution in [2.24, 2.45) is 17.3 Å². The Bertz CT molecular complexity index is 678. The summed E-state index contributed by atoms with van der Waals surface area (Å²) in [5.41, 5.74) is 3.09. The summed E-state index contributed by atoms with van der Waals surface area (Å²) in [6, 6.07) is 21.5. The third-order valence-corrected chi connectivity index (χ3v) is 7.47. The number of benzene rings is 2. The van der Waals surface area contributed by atoms with Crippen LogP contribution in [0.3, 0.4) is 0 Å². The highest BCUT2D eigenvalue weighted by Crippen LogP contribution is 2.53. The number of hydrogen-bond donors (Lipinski definition) is 0. The molecule has 0 unspecified atom stereocenters. The van der Waals surface area contributed by atoms with Gasteiger partial charge in [0.1, 0.15) is 0 Å². The molecule has 2 aromatic carbocycles. The average molecular weight is 421 g/mol. The summed E-state index contributed by atoms with van der Waals surface area (Å²) in [4.78, 5) is 0. The lowest BCUT2D eigenvalue weighted by Crippen LogP contribution is -2.47. The van der Waals surface area contributed by atoms with Crippen LogP contribution in [-0.4, -0.2) is 26.4 Å². The van der Waals surface area contributed by atoms with Gasteiger partial charge in [-0.3, -0.25) is 0 Å². The lowest BCUT2D eigenvalue weighted by atomic mass is 9.58. The second kappa shape index (κ2) is 11.8. The van der Waals surface area contributed by atoms with E-state index >= 15 is 0 Å². The fourth-order valence-electron chi connectivity index (χ4n) is 5.72. The largest absolute Gasteiger partial charge is 0.381 e. The zero-order valence-electron chi connectivity index (χ0n) is 19.1. The fourth-order valence-corrected chi connectivity index (χ4v) is 5.72. The molecule has 2 fully saturated rings. The summed E-state index contributed by atoms with van der Waals surface area (Å²) in [5.74, 6) is 1.90. The van der Waals surface area contributed by atoms with Gasteiger partial charge in [0.2, 0.25) is 0 Å². The van der Waals surface area contributed by atoms with Crippen molar-refractivity contribution in [1.29, 1.82) is 0 Å². The van der Waals surface area contributed by atoms with Crippen molar-refractivity contribution in [3.05, 3.63) is 71.8 Å². The Hall–Kier alpha value is -1.64. The molecule has 31 heavy (non-hydrogen) atoms. The van der Waals surface area contributed by atoms with E-state index in [0.29, 0.717) is 0 Å². The molecule has 168 valence electrons. The van der Waals surface area contributed by atoms with Crippen molar-refractivity contribution in [1.82, 2.24) is 0 Å². The van der Waals surface area contributed by atoms with Crippen LogP contribution in [0.5, 0.6) is 0 Å². The summed E-state index contributed by atoms with van der Waals surface area (Å²) in [6.07, 6.45) is 12.8. The van der Waals surface area contributed by atoms with Crippen molar-refractivity contribution in [3.8, 4) is 0 Å². The molecule has 2 aliphatic rings. The van der Waals surface area contributed by atoms with E-state index in [1.54, 1.807) is 0 Å². The highest BCUT2D eigenvalue weighted by atomic mass is 16.5. The van der Waals surface area contributed by atoms with Crippen LogP contribution in [0, 0.1) is 17.3 Å². The van der Waals surface area contributed by atoms with Crippen LogP contribution in [0.25, 0.3) is 0 Å². The quantitative estimate of drug-likeness (QED) is 0.329. The first-order valence-electron chi connectivity index (χ1n) is 12.6. The van der Waals surface area contributed by atoms with E-state index in [1.165, 1.54) is 49.7 Å². The Balaban J connectivity index is 1.17. The van der Waals surface area contributed by atoms with Gasteiger partial charge in [0.15, 0.2) is 0 Å². The van der Waals surface area contributed by atoms with Crippen LogP contribution in [0.2, 0.25) is 0 Å². The van der Waals surface area contributed by atoms with Gasteiger partial charge in [-0.2, -0.15) is 0 Å². The summed E-state index contributed by atoms with van der Waals surface area (Å²) in [7, 11) is 0. The predicted molar refractivity (Wildman–Crippen MR) is 128 cm³/mol. The van der Waals surface area contributed by atoms with Gasteiger partial charge in [-0.05, 0) is 61.5 Å². The van der Waals surface area contributed by atoms with Gasteiger partial charge < -0.3 is 9.47 Å². The summed E-state index contributed by atoms with van der Waals surface area (Å²) >= 11 is 0. The lowest BCUT2D eigenvalue weighted by Gasteiger charge is -2.50. The average Bonchev–Trinajstić information content (AvgIpc) is 3.32. The molecule has 0 amide bonds. The Morgan fingerprint density at radius 2 is 1.13 bits per heavy atom.